The zero-order valence-corrected chi connectivity index (χ0v) is 14.9. The van der Waals surface area contributed by atoms with Crippen molar-refractivity contribution in [3.8, 4) is 5.75 Å². The molecule has 2 amide bonds. The predicted molar refractivity (Wildman–Crippen MR) is 96.5 cm³/mol. The summed E-state index contributed by atoms with van der Waals surface area (Å²) < 4.78 is 32.0. The quantitative estimate of drug-likeness (QED) is 0.791. The molecule has 1 N–H and O–H groups in total. The van der Waals surface area contributed by atoms with E-state index in [2.05, 4.69) is 5.32 Å². The standard InChI is InChI=1S/C20H20F2N2O3/c1-27-18-5-3-2-4-13(18)6-8-23-19(25)17-7-9-24(20(17)26)16-11-14(21)10-15(22)12-16/h2-5,10-12,17H,6-9H2,1H3,(H,23,25). The van der Waals surface area contributed by atoms with Crippen molar-refractivity contribution in [1.82, 2.24) is 5.32 Å². The number of nitrogens with one attached hydrogen (secondary N) is 1. The first-order valence-electron chi connectivity index (χ1n) is 8.66. The van der Waals surface area contributed by atoms with E-state index in [4.69, 9.17) is 4.74 Å². The lowest BCUT2D eigenvalue weighted by molar-refractivity contribution is -0.132. The molecule has 0 aliphatic carbocycles. The normalized spacial score (nSPS) is 16.5. The molecular formula is C20H20F2N2O3. The minimum absolute atomic E-state index is 0.127. The maximum atomic E-state index is 13.4. The molecule has 5 nitrogen and oxygen atoms in total. The number of carbonyl (C=O) groups is 2. The van der Waals surface area contributed by atoms with Crippen molar-refractivity contribution in [1.29, 1.82) is 0 Å². The maximum Gasteiger partial charge on any atom is 0.239 e. The van der Waals surface area contributed by atoms with Crippen molar-refractivity contribution in [3.63, 3.8) is 0 Å². The molecule has 1 atom stereocenters. The monoisotopic (exact) mass is 374 g/mol. The number of halogens is 2. The predicted octanol–water partition coefficient (Wildman–Crippen LogP) is 2.69. The molecule has 2 aromatic carbocycles. The van der Waals surface area contributed by atoms with Gasteiger partial charge in [0.1, 0.15) is 23.3 Å². The van der Waals surface area contributed by atoms with Crippen LogP contribution in [0.3, 0.4) is 0 Å². The molecule has 0 bridgehead atoms. The molecule has 1 heterocycles. The van der Waals surface area contributed by atoms with Gasteiger partial charge in [-0.3, -0.25) is 9.59 Å². The Bertz CT molecular complexity index is 837. The molecule has 142 valence electrons. The minimum atomic E-state index is -0.853. The molecular weight excluding hydrogens is 354 g/mol. The van der Waals surface area contributed by atoms with Crippen molar-refractivity contribution in [3.05, 3.63) is 59.7 Å². The number of hydrogen-bond donors (Lipinski definition) is 1. The van der Waals surface area contributed by atoms with Crippen LogP contribution in [0.5, 0.6) is 5.75 Å². The minimum Gasteiger partial charge on any atom is -0.496 e. The second-order valence-electron chi connectivity index (χ2n) is 6.31. The Labute approximate surface area is 155 Å². The summed E-state index contributed by atoms with van der Waals surface area (Å²) >= 11 is 0. The molecule has 1 saturated heterocycles. The van der Waals surface area contributed by atoms with Crippen molar-refractivity contribution in [2.45, 2.75) is 12.8 Å². The van der Waals surface area contributed by atoms with Gasteiger partial charge in [-0.2, -0.15) is 0 Å². The Hall–Kier alpha value is -2.96. The van der Waals surface area contributed by atoms with Crippen LogP contribution >= 0.6 is 0 Å². The molecule has 1 aliphatic heterocycles. The second-order valence-corrected chi connectivity index (χ2v) is 6.31. The van der Waals surface area contributed by atoms with Crippen molar-refractivity contribution in [2.75, 3.05) is 25.1 Å². The van der Waals surface area contributed by atoms with E-state index in [0.717, 1.165) is 29.5 Å². The SMILES string of the molecule is COc1ccccc1CCNC(=O)C1CCN(c2cc(F)cc(F)c2)C1=O. The molecule has 7 heteroatoms. The fourth-order valence-electron chi connectivity index (χ4n) is 3.23. The number of carbonyl (C=O) groups excluding carboxylic acids is 2. The Balaban J connectivity index is 1.59. The number of para-hydroxylation sites is 1. The first-order chi connectivity index (χ1) is 13.0. The Kier molecular flexibility index (Phi) is 5.69. The van der Waals surface area contributed by atoms with Crippen LogP contribution in [0.4, 0.5) is 14.5 Å². The number of rotatable bonds is 6. The van der Waals surface area contributed by atoms with Crippen LogP contribution in [0.15, 0.2) is 42.5 Å². The van der Waals surface area contributed by atoms with E-state index in [0.29, 0.717) is 19.4 Å². The number of nitrogens with zero attached hydrogens (tertiary/aromatic N) is 1. The molecule has 0 radical (unpaired) electrons. The van der Waals surface area contributed by atoms with E-state index in [1.807, 2.05) is 24.3 Å². The number of anilines is 1. The zero-order valence-electron chi connectivity index (χ0n) is 14.9. The second kappa shape index (κ2) is 8.16. The lowest BCUT2D eigenvalue weighted by atomic mass is 10.1. The highest BCUT2D eigenvalue weighted by atomic mass is 19.1. The molecule has 27 heavy (non-hydrogen) atoms. The van der Waals surface area contributed by atoms with Crippen molar-refractivity contribution in [2.24, 2.45) is 5.92 Å². The van der Waals surface area contributed by atoms with E-state index in [1.165, 1.54) is 4.90 Å². The van der Waals surface area contributed by atoms with Gasteiger partial charge in [0.25, 0.3) is 0 Å². The van der Waals surface area contributed by atoms with E-state index in [1.54, 1.807) is 7.11 Å². The number of methoxy groups -OCH3 is 1. The average Bonchev–Trinajstić information content (AvgIpc) is 3.03. The molecule has 0 spiro atoms. The maximum absolute atomic E-state index is 13.4. The zero-order chi connectivity index (χ0) is 19.4. The fraction of sp³-hybridized carbons (Fsp3) is 0.300. The third kappa shape index (κ3) is 4.24. The largest absolute Gasteiger partial charge is 0.496 e. The van der Waals surface area contributed by atoms with Crippen LogP contribution in [-0.4, -0.2) is 32.0 Å². The average molecular weight is 374 g/mol. The lowest BCUT2D eigenvalue weighted by Gasteiger charge is -2.17. The summed E-state index contributed by atoms with van der Waals surface area (Å²) in [5.41, 5.74) is 1.08. The van der Waals surface area contributed by atoms with Gasteiger partial charge < -0.3 is 15.0 Å². The Morgan fingerprint density at radius 3 is 2.63 bits per heavy atom. The number of amides is 2. The Morgan fingerprint density at radius 2 is 1.93 bits per heavy atom. The van der Waals surface area contributed by atoms with Crippen molar-refractivity contribution >= 4 is 17.5 Å². The van der Waals surface area contributed by atoms with Gasteiger partial charge in [-0.15, -0.1) is 0 Å². The number of benzene rings is 2. The van der Waals surface area contributed by atoms with Crippen molar-refractivity contribution < 1.29 is 23.1 Å². The van der Waals surface area contributed by atoms with E-state index in [-0.39, 0.29) is 18.1 Å². The summed E-state index contributed by atoms with van der Waals surface area (Å²) in [5, 5.41) is 2.76. The molecule has 0 aromatic heterocycles. The number of ether oxygens (including phenoxy) is 1. The van der Waals surface area contributed by atoms with Crippen LogP contribution in [-0.2, 0) is 16.0 Å². The van der Waals surface area contributed by atoms with E-state index >= 15 is 0 Å². The summed E-state index contributed by atoms with van der Waals surface area (Å²) in [6.45, 7) is 0.601. The highest BCUT2D eigenvalue weighted by Crippen LogP contribution is 2.27. The highest BCUT2D eigenvalue weighted by molar-refractivity contribution is 6.09. The fourth-order valence-corrected chi connectivity index (χ4v) is 3.23. The molecule has 3 rings (SSSR count). The first kappa shape index (κ1) is 18.8. The molecule has 1 unspecified atom stereocenters. The van der Waals surface area contributed by atoms with Gasteiger partial charge in [-0.05, 0) is 36.6 Å². The van der Waals surface area contributed by atoms with Crippen LogP contribution in [0.1, 0.15) is 12.0 Å². The molecule has 0 saturated carbocycles. The van der Waals surface area contributed by atoms with Crippen LogP contribution in [0.2, 0.25) is 0 Å². The van der Waals surface area contributed by atoms with Crippen LogP contribution < -0.4 is 15.0 Å². The topological polar surface area (TPSA) is 58.6 Å². The summed E-state index contributed by atoms with van der Waals surface area (Å²) in [4.78, 5) is 26.1. The first-order valence-corrected chi connectivity index (χ1v) is 8.66. The third-order valence-corrected chi connectivity index (χ3v) is 4.57. The van der Waals surface area contributed by atoms with E-state index in [9.17, 15) is 18.4 Å². The van der Waals surface area contributed by atoms with Gasteiger partial charge in [-0.25, -0.2) is 8.78 Å². The number of hydrogen-bond acceptors (Lipinski definition) is 3. The summed E-state index contributed by atoms with van der Waals surface area (Å²) in [6.07, 6.45) is 0.868. The third-order valence-electron chi connectivity index (χ3n) is 4.57. The highest BCUT2D eigenvalue weighted by Gasteiger charge is 2.37. The lowest BCUT2D eigenvalue weighted by Crippen LogP contribution is -2.37. The molecule has 2 aromatic rings. The van der Waals surface area contributed by atoms with Crippen LogP contribution in [0, 0.1) is 17.6 Å². The smallest absolute Gasteiger partial charge is 0.239 e. The molecule has 1 aliphatic rings. The summed E-state index contributed by atoms with van der Waals surface area (Å²) in [6, 6.07) is 10.4. The van der Waals surface area contributed by atoms with Gasteiger partial charge in [0.2, 0.25) is 11.8 Å². The van der Waals surface area contributed by atoms with E-state index < -0.39 is 23.5 Å². The van der Waals surface area contributed by atoms with Gasteiger partial charge in [0.05, 0.1) is 7.11 Å². The Morgan fingerprint density at radius 1 is 1.22 bits per heavy atom. The molecule has 1 fully saturated rings. The van der Waals surface area contributed by atoms with Crippen LogP contribution in [0.25, 0.3) is 0 Å². The van der Waals surface area contributed by atoms with Gasteiger partial charge >= 0.3 is 0 Å². The van der Waals surface area contributed by atoms with Gasteiger partial charge in [-0.1, -0.05) is 18.2 Å². The summed E-state index contributed by atoms with van der Waals surface area (Å²) in [7, 11) is 1.58. The summed E-state index contributed by atoms with van der Waals surface area (Å²) in [5.74, 6) is -2.47. The van der Waals surface area contributed by atoms with Gasteiger partial charge in [0, 0.05) is 24.8 Å². The van der Waals surface area contributed by atoms with Gasteiger partial charge in [0.15, 0.2) is 0 Å².